The molecule has 0 unspecified atom stereocenters. The Kier molecular flexibility index (Phi) is 2.63. The van der Waals surface area contributed by atoms with Gasteiger partial charge in [0.2, 0.25) is 5.78 Å². The first-order valence-corrected chi connectivity index (χ1v) is 5.80. The molecule has 0 aliphatic carbocycles. The van der Waals surface area contributed by atoms with Gasteiger partial charge in [0.05, 0.1) is 6.20 Å². The summed E-state index contributed by atoms with van der Waals surface area (Å²) in [6.07, 6.45) is 1.01. The van der Waals surface area contributed by atoms with E-state index >= 15 is 0 Å². The molecule has 2 aromatic heterocycles. The highest BCUT2D eigenvalue weighted by Crippen LogP contribution is 2.22. The summed E-state index contributed by atoms with van der Waals surface area (Å²) in [6.45, 7) is 1.97. The zero-order valence-corrected chi connectivity index (χ0v) is 10.2. The number of furan rings is 1. The van der Waals surface area contributed by atoms with Crippen LogP contribution in [0.25, 0.3) is 11.0 Å². The van der Waals surface area contributed by atoms with Gasteiger partial charge < -0.3 is 4.42 Å². The van der Waals surface area contributed by atoms with Crippen molar-refractivity contribution in [2.24, 2.45) is 0 Å². The van der Waals surface area contributed by atoms with E-state index in [9.17, 15) is 9.18 Å². The number of ketones is 1. The Morgan fingerprint density at radius 3 is 2.79 bits per heavy atom. The van der Waals surface area contributed by atoms with Gasteiger partial charge in [0.15, 0.2) is 5.76 Å². The molecule has 3 aromatic rings. The van der Waals surface area contributed by atoms with Crippen LogP contribution in [0.15, 0.2) is 47.0 Å². The Morgan fingerprint density at radius 2 is 2.05 bits per heavy atom. The summed E-state index contributed by atoms with van der Waals surface area (Å²) in [5.41, 5.74) is 1.90. The van der Waals surface area contributed by atoms with Crippen LogP contribution in [-0.4, -0.2) is 10.8 Å². The standard InChI is InChI=1S/C15H10FNO2/c1-9-2-5-13-10(6-9)7-14(19-13)15(18)12-4-3-11(16)8-17-12/h2-8H,1H3. The molecule has 0 radical (unpaired) electrons. The van der Waals surface area contributed by atoms with Crippen molar-refractivity contribution >= 4 is 16.8 Å². The third-order valence-corrected chi connectivity index (χ3v) is 2.86. The van der Waals surface area contributed by atoms with Gasteiger partial charge in [0.1, 0.15) is 17.1 Å². The lowest BCUT2D eigenvalue weighted by Crippen LogP contribution is -2.02. The Hall–Kier alpha value is -2.49. The lowest BCUT2D eigenvalue weighted by Gasteiger charge is -1.95. The fourth-order valence-electron chi connectivity index (χ4n) is 1.91. The number of pyridine rings is 1. The lowest BCUT2D eigenvalue weighted by molar-refractivity contribution is 0.101. The molecule has 3 rings (SSSR count). The smallest absolute Gasteiger partial charge is 0.246 e. The first-order valence-electron chi connectivity index (χ1n) is 5.80. The first-order chi connectivity index (χ1) is 9.13. The van der Waals surface area contributed by atoms with Crippen molar-refractivity contribution in [3.05, 3.63) is 65.4 Å². The molecule has 94 valence electrons. The van der Waals surface area contributed by atoms with E-state index in [-0.39, 0.29) is 17.2 Å². The summed E-state index contributed by atoms with van der Waals surface area (Å²) in [5, 5.41) is 0.866. The van der Waals surface area contributed by atoms with Crippen LogP contribution >= 0.6 is 0 Å². The molecule has 2 heterocycles. The highest BCUT2D eigenvalue weighted by atomic mass is 19.1. The van der Waals surface area contributed by atoms with E-state index in [2.05, 4.69) is 4.98 Å². The van der Waals surface area contributed by atoms with Crippen LogP contribution in [0.4, 0.5) is 4.39 Å². The number of aromatic nitrogens is 1. The molecule has 1 aromatic carbocycles. The largest absolute Gasteiger partial charge is 0.453 e. The molecule has 0 saturated carbocycles. The molecule has 0 amide bonds. The third kappa shape index (κ3) is 2.12. The predicted octanol–water partition coefficient (Wildman–Crippen LogP) is 3.51. The summed E-state index contributed by atoms with van der Waals surface area (Å²) in [4.78, 5) is 15.9. The number of benzene rings is 1. The Labute approximate surface area is 108 Å². The summed E-state index contributed by atoms with van der Waals surface area (Å²) >= 11 is 0. The Morgan fingerprint density at radius 1 is 1.21 bits per heavy atom. The van der Waals surface area contributed by atoms with E-state index in [1.54, 1.807) is 6.07 Å². The van der Waals surface area contributed by atoms with Gasteiger partial charge in [0.25, 0.3) is 0 Å². The molecule has 0 bridgehead atoms. The molecule has 0 aliphatic rings. The molecule has 0 saturated heterocycles. The van der Waals surface area contributed by atoms with Crippen LogP contribution in [0.1, 0.15) is 21.8 Å². The maximum atomic E-state index is 12.8. The molecule has 0 aliphatic heterocycles. The van der Waals surface area contributed by atoms with Crippen LogP contribution in [0.2, 0.25) is 0 Å². The van der Waals surface area contributed by atoms with E-state index in [0.29, 0.717) is 5.58 Å². The van der Waals surface area contributed by atoms with Gasteiger partial charge in [-0.05, 0) is 37.3 Å². The Balaban J connectivity index is 2.04. The van der Waals surface area contributed by atoms with Crippen LogP contribution in [0.5, 0.6) is 0 Å². The number of aryl methyl sites for hydroxylation is 1. The highest BCUT2D eigenvalue weighted by Gasteiger charge is 2.15. The normalized spacial score (nSPS) is 10.8. The number of carbonyl (C=O) groups excluding carboxylic acids is 1. The van der Waals surface area contributed by atoms with Gasteiger partial charge >= 0.3 is 0 Å². The van der Waals surface area contributed by atoms with Crippen LogP contribution in [0, 0.1) is 12.7 Å². The number of hydrogen-bond donors (Lipinski definition) is 0. The summed E-state index contributed by atoms with van der Waals surface area (Å²) < 4.78 is 18.3. The van der Waals surface area contributed by atoms with Crippen molar-refractivity contribution in [2.75, 3.05) is 0 Å². The zero-order chi connectivity index (χ0) is 13.4. The molecule has 0 atom stereocenters. The number of halogens is 1. The van der Waals surface area contributed by atoms with Crippen LogP contribution < -0.4 is 0 Å². The maximum absolute atomic E-state index is 12.8. The second kappa shape index (κ2) is 4.31. The van der Waals surface area contributed by atoms with E-state index < -0.39 is 5.82 Å². The van der Waals surface area contributed by atoms with Gasteiger partial charge in [-0.25, -0.2) is 9.37 Å². The molecule has 0 N–H and O–H groups in total. The third-order valence-electron chi connectivity index (χ3n) is 2.86. The van der Waals surface area contributed by atoms with Crippen molar-refractivity contribution in [2.45, 2.75) is 6.92 Å². The van der Waals surface area contributed by atoms with Crippen LogP contribution in [-0.2, 0) is 0 Å². The Bertz CT molecular complexity index is 759. The monoisotopic (exact) mass is 255 g/mol. The number of nitrogens with zero attached hydrogens (tertiary/aromatic N) is 1. The van der Waals surface area contributed by atoms with E-state index in [4.69, 9.17) is 4.42 Å². The van der Waals surface area contributed by atoms with E-state index in [0.717, 1.165) is 17.1 Å². The summed E-state index contributed by atoms with van der Waals surface area (Å²) in [5.74, 6) is -0.620. The SMILES string of the molecule is Cc1ccc2oc(C(=O)c3ccc(F)cn3)cc2c1. The van der Waals surface area contributed by atoms with Gasteiger partial charge in [-0.3, -0.25) is 4.79 Å². The minimum absolute atomic E-state index is 0.164. The van der Waals surface area contributed by atoms with Crippen molar-refractivity contribution in [1.29, 1.82) is 0 Å². The minimum atomic E-state index is -0.475. The fourth-order valence-corrected chi connectivity index (χ4v) is 1.91. The highest BCUT2D eigenvalue weighted by molar-refractivity contribution is 6.07. The number of fused-ring (bicyclic) bond motifs is 1. The second-order valence-corrected chi connectivity index (χ2v) is 4.34. The number of hydrogen-bond acceptors (Lipinski definition) is 3. The first kappa shape index (κ1) is 11.6. The summed E-state index contributed by atoms with van der Waals surface area (Å²) in [7, 11) is 0. The number of carbonyl (C=O) groups is 1. The molecular weight excluding hydrogens is 245 g/mol. The average molecular weight is 255 g/mol. The molecule has 3 nitrogen and oxygen atoms in total. The van der Waals surface area contributed by atoms with Gasteiger partial charge in [0, 0.05) is 5.39 Å². The van der Waals surface area contributed by atoms with Gasteiger partial charge in [-0.2, -0.15) is 0 Å². The predicted molar refractivity (Wildman–Crippen MR) is 68.6 cm³/mol. The van der Waals surface area contributed by atoms with Gasteiger partial charge in [-0.1, -0.05) is 11.6 Å². The molecule has 19 heavy (non-hydrogen) atoms. The molecule has 0 fully saturated rings. The van der Waals surface area contributed by atoms with E-state index in [1.807, 2.05) is 25.1 Å². The number of rotatable bonds is 2. The van der Waals surface area contributed by atoms with Crippen LogP contribution in [0.3, 0.4) is 0 Å². The minimum Gasteiger partial charge on any atom is -0.453 e. The van der Waals surface area contributed by atoms with E-state index in [1.165, 1.54) is 12.1 Å². The van der Waals surface area contributed by atoms with Gasteiger partial charge in [-0.15, -0.1) is 0 Å². The second-order valence-electron chi connectivity index (χ2n) is 4.34. The van der Waals surface area contributed by atoms with Crippen molar-refractivity contribution in [1.82, 2.24) is 4.98 Å². The van der Waals surface area contributed by atoms with Crippen molar-refractivity contribution < 1.29 is 13.6 Å². The quantitative estimate of drug-likeness (QED) is 0.658. The summed E-state index contributed by atoms with van der Waals surface area (Å²) in [6, 6.07) is 9.89. The maximum Gasteiger partial charge on any atom is 0.246 e. The molecule has 0 spiro atoms. The molecule has 4 heteroatoms. The average Bonchev–Trinajstić information content (AvgIpc) is 2.81. The zero-order valence-electron chi connectivity index (χ0n) is 10.2. The fraction of sp³-hybridized carbons (Fsp3) is 0.0667. The van der Waals surface area contributed by atoms with Crippen molar-refractivity contribution in [3.8, 4) is 0 Å². The molecular formula is C15H10FNO2. The van der Waals surface area contributed by atoms with Crippen molar-refractivity contribution in [3.63, 3.8) is 0 Å². The lowest BCUT2D eigenvalue weighted by atomic mass is 10.1. The topological polar surface area (TPSA) is 43.1 Å².